The van der Waals surface area contributed by atoms with Gasteiger partial charge in [0.15, 0.2) is 0 Å². The average molecular weight is 230 g/mol. The molecule has 1 rings (SSSR count). The summed E-state index contributed by atoms with van der Waals surface area (Å²) in [4.78, 5) is 4.00. The standard InChI is InChI=1S/C8H12BrN3/c1-2-7(10)6-3-5(9)4-12-8(6)11/h3-4,7H,2,10H2,1H3,(H2,11,12)/t7-/m0/s1. The van der Waals surface area contributed by atoms with E-state index in [-0.39, 0.29) is 6.04 Å². The van der Waals surface area contributed by atoms with Gasteiger partial charge in [-0.3, -0.25) is 0 Å². The smallest absolute Gasteiger partial charge is 0.128 e. The zero-order valence-electron chi connectivity index (χ0n) is 6.92. The second-order valence-corrected chi connectivity index (χ2v) is 3.56. The average Bonchev–Trinajstić information content (AvgIpc) is 2.08. The number of rotatable bonds is 2. The molecule has 0 aromatic carbocycles. The largest absolute Gasteiger partial charge is 0.383 e. The van der Waals surface area contributed by atoms with Crippen molar-refractivity contribution >= 4 is 21.7 Å². The fraction of sp³-hybridized carbons (Fsp3) is 0.375. The van der Waals surface area contributed by atoms with Crippen LogP contribution in [0.4, 0.5) is 5.82 Å². The number of aromatic nitrogens is 1. The third-order valence-corrected chi connectivity index (χ3v) is 2.19. The minimum atomic E-state index is -0.0185. The van der Waals surface area contributed by atoms with Gasteiger partial charge in [0, 0.05) is 22.3 Å². The lowest BCUT2D eigenvalue weighted by Crippen LogP contribution is -2.12. The molecule has 0 fully saturated rings. The van der Waals surface area contributed by atoms with Crippen molar-refractivity contribution in [3.63, 3.8) is 0 Å². The van der Waals surface area contributed by atoms with Crippen molar-refractivity contribution in [3.05, 3.63) is 22.3 Å². The first-order valence-corrected chi connectivity index (χ1v) is 4.61. The first-order chi connectivity index (χ1) is 5.65. The summed E-state index contributed by atoms with van der Waals surface area (Å²) in [7, 11) is 0. The number of nitrogen functional groups attached to an aromatic ring is 1. The van der Waals surface area contributed by atoms with Gasteiger partial charge in [0.2, 0.25) is 0 Å². The summed E-state index contributed by atoms with van der Waals surface area (Å²) in [5.74, 6) is 0.521. The molecule has 0 saturated carbocycles. The fourth-order valence-corrected chi connectivity index (χ4v) is 1.33. The van der Waals surface area contributed by atoms with Crippen molar-refractivity contribution in [3.8, 4) is 0 Å². The van der Waals surface area contributed by atoms with Crippen LogP contribution in [-0.4, -0.2) is 4.98 Å². The van der Waals surface area contributed by atoms with Gasteiger partial charge in [-0.05, 0) is 28.4 Å². The highest BCUT2D eigenvalue weighted by Gasteiger charge is 2.08. The Bertz CT molecular complexity index is 275. The number of hydrogen-bond acceptors (Lipinski definition) is 3. The van der Waals surface area contributed by atoms with E-state index in [9.17, 15) is 0 Å². The zero-order valence-corrected chi connectivity index (χ0v) is 8.51. The number of nitrogens with two attached hydrogens (primary N) is 2. The number of anilines is 1. The highest BCUT2D eigenvalue weighted by molar-refractivity contribution is 9.10. The molecule has 0 aliphatic rings. The molecule has 4 heteroatoms. The van der Waals surface area contributed by atoms with E-state index >= 15 is 0 Å². The van der Waals surface area contributed by atoms with Crippen LogP contribution in [0.1, 0.15) is 24.9 Å². The molecular weight excluding hydrogens is 218 g/mol. The van der Waals surface area contributed by atoms with E-state index in [4.69, 9.17) is 11.5 Å². The molecular formula is C8H12BrN3. The van der Waals surface area contributed by atoms with Crippen LogP contribution in [0, 0.1) is 0 Å². The number of hydrogen-bond donors (Lipinski definition) is 2. The van der Waals surface area contributed by atoms with Crippen LogP contribution < -0.4 is 11.5 Å². The summed E-state index contributed by atoms with van der Waals surface area (Å²) in [6, 6.07) is 1.89. The van der Waals surface area contributed by atoms with E-state index in [0.717, 1.165) is 16.5 Å². The normalized spacial score (nSPS) is 12.9. The molecule has 0 aliphatic carbocycles. The van der Waals surface area contributed by atoms with Gasteiger partial charge < -0.3 is 11.5 Å². The van der Waals surface area contributed by atoms with E-state index in [1.807, 2.05) is 13.0 Å². The van der Waals surface area contributed by atoms with Crippen molar-refractivity contribution in [2.45, 2.75) is 19.4 Å². The number of nitrogens with zero attached hydrogens (tertiary/aromatic N) is 1. The zero-order chi connectivity index (χ0) is 9.14. The first-order valence-electron chi connectivity index (χ1n) is 3.81. The van der Waals surface area contributed by atoms with Crippen LogP contribution >= 0.6 is 15.9 Å². The lowest BCUT2D eigenvalue weighted by atomic mass is 10.1. The van der Waals surface area contributed by atoms with Crippen LogP contribution in [0.25, 0.3) is 0 Å². The molecule has 0 bridgehead atoms. The summed E-state index contributed by atoms with van der Waals surface area (Å²) >= 11 is 3.32. The highest BCUT2D eigenvalue weighted by atomic mass is 79.9. The highest BCUT2D eigenvalue weighted by Crippen LogP contribution is 2.22. The Kier molecular flexibility index (Phi) is 3.05. The van der Waals surface area contributed by atoms with E-state index in [1.165, 1.54) is 0 Å². The molecule has 0 unspecified atom stereocenters. The van der Waals surface area contributed by atoms with Crippen molar-refractivity contribution in [2.75, 3.05) is 5.73 Å². The van der Waals surface area contributed by atoms with Crippen LogP contribution in [0.5, 0.6) is 0 Å². The van der Waals surface area contributed by atoms with Crippen LogP contribution in [0.3, 0.4) is 0 Å². The van der Waals surface area contributed by atoms with Gasteiger partial charge in [-0.25, -0.2) is 4.98 Å². The second-order valence-electron chi connectivity index (χ2n) is 2.64. The molecule has 0 spiro atoms. The summed E-state index contributed by atoms with van der Waals surface area (Å²) in [6.45, 7) is 2.02. The first kappa shape index (κ1) is 9.48. The molecule has 0 radical (unpaired) electrons. The molecule has 1 aromatic rings. The molecule has 3 nitrogen and oxygen atoms in total. The van der Waals surface area contributed by atoms with Crippen molar-refractivity contribution < 1.29 is 0 Å². The molecule has 1 heterocycles. The molecule has 0 amide bonds. The maximum Gasteiger partial charge on any atom is 0.128 e. The Balaban J connectivity index is 3.04. The van der Waals surface area contributed by atoms with Crippen molar-refractivity contribution in [2.24, 2.45) is 5.73 Å². The van der Waals surface area contributed by atoms with Gasteiger partial charge in [-0.15, -0.1) is 0 Å². The Morgan fingerprint density at radius 3 is 2.92 bits per heavy atom. The number of pyridine rings is 1. The third-order valence-electron chi connectivity index (χ3n) is 1.76. The lowest BCUT2D eigenvalue weighted by Gasteiger charge is -2.11. The molecule has 4 N–H and O–H groups in total. The van der Waals surface area contributed by atoms with Crippen LogP contribution in [0.15, 0.2) is 16.7 Å². The molecule has 0 saturated heterocycles. The van der Waals surface area contributed by atoms with Gasteiger partial charge in [-0.2, -0.15) is 0 Å². The monoisotopic (exact) mass is 229 g/mol. The number of halogens is 1. The van der Waals surface area contributed by atoms with Crippen LogP contribution in [0.2, 0.25) is 0 Å². The van der Waals surface area contributed by atoms with Gasteiger partial charge in [0.25, 0.3) is 0 Å². The van der Waals surface area contributed by atoms with E-state index < -0.39 is 0 Å². The quantitative estimate of drug-likeness (QED) is 0.814. The second kappa shape index (κ2) is 3.87. The predicted octanol–water partition coefficient (Wildman–Crippen LogP) is 1.84. The molecule has 0 aliphatic heterocycles. The lowest BCUT2D eigenvalue weighted by molar-refractivity contribution is 0.697. The molecule has 1 atom stereocenters. The third kappa shape index (κ3) is 1.95. The van der Waals surface area contributed by atoms with Gasteiger partial charge in [0.05, 0.1) is 0 Å². The maximum atomic E-state index is 5.82. The molecule has 1 aromatic heterocycles. The molecule has 66 valence electrons. The topological polar surface area (TPSA) is 64.9 Å². The summed E-state index contributed by atoms with van der Waals surface area (Å²) in [5, 5.41) is 0. The summed E-state index contributed by atoms with van der Waals surface area (Å²) < 4.78 is 0.913. The molecule has 12 heavy (non-hydrogen) atoms. The van der Waals surface area contributed by atoms with E-state index in [0.29, 0.717) is 5.82 Å². The Morgan fingerprint density at radius 1 is 1.67 bits per heavy atom. The SMILES string of the molecule is CC[C@H](N)c1cc(Br)cnc1N. The minimum absolute atomic E-state index is 0.0185. The van der Waals surface area contributed by atoms with E-state index in [1.54, 1.807) is 6.20 Å². The van der Waals surface area contributed by atoms with Gasteiger partial charge in [-0.1, -0.05) is 6.92 Å². The predicted molar refractivity (Wildman–Crippen MR) is 53.6 cm³/mol. The van der Waals surface area contributed by atoms with Gasteiger partial charge >= 0.3 is 0 Å². The Hall–Kier alpha value is -0.610. The Morgan fingerprint density at radius 2 is 2.33 bits per heavy atom. The van der Waals surface area contributed by atoms with Crippen LogP contribution in [-0.2, 0) is 0 Å². The van der Waals surface area contributed by atoms with Crippen molar-refractivity contribution in [1.29, 1.82) is 0 Å². The summed E-state index contributed by atoms with van der Waals surface area (Å²) in [5.41, 5.74) is 12.4. The van der Waals surface area contributed by atoms with Gasteiger partial charge in [0.1, 0.15) is 5.82 Å². The van der Waals surface area contributed by atoms with Crippen molar-refractivity contribution in [1.82, 2.24) is 4.98 Å². The minimum Gasteiger partial charge on any atom is -0.383 e. The fourth-order valence-electron chi connectivity index (χ4n) is 0.982. The maximum absolute atomic E-state index is 5.82. The Labute approximate surface area is 80.3 Å². The summed E-state index contributed by atoms with van der Waals surface area (Å²) in [6.07, 6.45) is 2.53. The van der Waals surface area contributed by atoms with E-state index in [2.05, 4.69) is 20.9 Å².